The van der Waals surface area contributed by atoms with Gasteiger partial charge < -0.3 is 20.6 Å². The molecule has 2 aliphatic rings. The van der Waals surface area contributed by atoms with Gasteiger partial charge in [0.15, 0.2) is 0 Å². The summed E-state index contributed by atoms with van der Waals surface area (Å²) < 4.78 is 0. The van der Waals surface area contributed by atoms with Crippen LogP contribution < -0.4 is 5.73 Å². The molecular formula is C14H23N3O4. The van der Waals surface area contributed by atoms with Gasteiger partial charge in [0.2, 0.25) is 17.7 Å². The first kappa shape index (κ1) is 15.8. The molecule has 7 heteroatoms. The van der Waals surface area contributed by atoms with Crippen molar-refractivity contribution in [1.82, 2.24) is 9.80 Å². The van der Waals surface area contributed by atoms with Crippen LogP contribution in [0.1, 0.15) is 33.1 Å². The van der Waals surface area contributed by atoms with Gasteiger partial charge in [0.1, 0.15) is 11.6 Å². The zero-order chi connectivity index (χ0) is 15.8. The topological polar surface area (TPSA) is 104 Å². The van der Waals surface area contributed by atoms with Crippen LogP contribution in [-0.2, 0) is 14.4 Å². The maximum absolute atomic E-state index is 12.8. The predicted molar refractivity (Wildman–Crippen MR) is 74.9 cm³/mol. The van der Waals surface area contributed by atoms with Gasteiger partial charge in [-0.2, -0.15) is 0 Å². The Morgan fingerprint density at radius 2 is 2.00 bits per heavy atom. The van der Waals surface area contributed by atoms with E-state index in [1.165, 1.54) is 4.90 Å². The Labute approximate surface area is 124 Å². The summed E-state index contributed by atoms with van der Waals surface area (Å²) in [5, 5.41) is 9.29. The maximum Gasteiger partial charge on any atom is 0.249 e. The standard InChI is InChI=1S/C14H23N3O4/c1-9(2)12(20)17-6-3-4-14(17)5-7-16(13(14)21)10(8-18)11(15)19/h9-10,18H,3-8H2,1-2H3,(H2,15,19)/t10-,14?/m0/s1. The van der Waals surface area contributed by atoms with E-state index in [1.54, 1.807) is 4.90 Å². The lowest BCUT2D eigenvalue weighted by Crippen LogP contribution is -2.57. The molecule has 0 aromatic carbocycles. The summed E-state index contributed by atoms with van der Waals surface area (Å²) in [6.45, 7) is 4.04. The van der Waals surface area contributed by atoms with E-state index in [2.05, 4.69) is 0 Å². The SMILES string of the molecule is CC(C)C(=O)N1CCCC12CCN([C@@H](CO)C(N)=O)C2=O. The minimum Gasteiger partial charge on any atom is -0.394 e. The second kappa shape index (κ2) is 5.63. The lowest BCUT2D eigenvalue weighted by Gasteiger charge is -2.35. The summed E-state index contributed by atoms with van der Waals surface area (Å²) in [4.78, 5) is 39.5. The Balaban J connectivity index is 2.27. The highest BCUT2D eigenvalue weighted by Gasteiger charge is 2.56. The second-order valence-corrected chi connectivity index (χ2v) is 6.13. The number of hydrogen-bond acceptors (Lipinski definition) is 4. The molecule has 2 heterocycles. The van der Waals surface area contributed by atoms with E-state index < -0.39 is 24.1 Å². The van der Waals surface area contributed by atoms with Gasteiger partial charge in [-0.05, 0) is 19.3 Å². The third kappa shape index (κ3) is 2.39. The molecule has 2 saturated heterocycles. The number of amides is 3. The molecule has 21 heavy (non-hydrogen) atoms. The second-order valence-electron chi connectivity index (χ2n) is 6.13. The molecule has 0 bridgehead atoms. The Hall–Kier alpha value is -1.63. The largest absolute Gasteiger partial charge is 0.394 e. The van der Waals surface area contributed by atoms with E-state index in [0.717, 1.165) is 6.42 Å². The number of nitrogens with two attached hydrogens (primary N) is 1. The average Bonchev–Trinajstić information content (AvgIpc) is 2.98. The van der Waals surface area contributed by atoms with Crippen LogP contribution in [0.25, 0.3) is 0 Å². The highest BCUT2D eigenvalue weighted by Crippen LogP contribution is 2.40. The summed E-state index contributed by atoms with van der Waals surface area (Å²) in [6, 6.07) is -1.01. The van der Waals surface area contributed by atoms with Crippen molar-refractivity contribution in [3.63, 3.8) is 0 Å². The predicted octanol–water partition coefficient (Wildman–Crippen LogP) is -0.918. The summed E-state index contributed by atoms with van der Waals surface area (Å²) in [5.74, 6) is -1.19. The molecule has 0 saturated carbocycles. The minimum atomic E-state index is -1.01. The van der Waals surface area contributed by atoms with Crippen molar-refractivity contribution in [2.75, 3.05) is 19.7 Å². The molecule has 7 nitrogen and oxygen atoms in total. The fraction of sp³-hybridized carbons (Fsp3) is 0.786. The summed E-state index contributed by atoms with van der Waals surface area (Å²) in [6.07, 6.45) is 1.88. The number of nitrogens with zero attached hydrogens (tertiary/aromatic N) is 2. The Morgan fingerprint density at radius 1 is 1.33 bits per heavy atom. The van der Waals surface area contributed by atoms with Crippen LogP contribution in [0.15, 0.2) is 0 Å². The molecule has 1 spiro atoms. The van der Waals surface area contributed by atoms with Gasteiger partial charge in [0, 0.05) is 19.0 Å². The fourth-order valence-electron chi connectivity index (χ4n) is 3.41. The van der Waals surface area contributed by atoms with Gasteiger partial charge >= 0.3 is 0 Å². The van der Waals surface area contributed by atoms with E-state index in [1.807, 2.05) is 13.8 Å². The van der Waals surface area contributed by atoms with Crippen molar-refractivity contribution in [2.45, 2.75) is 44.7 Å². The monoisotopic (exact) mass is 297 g/mol. The quantitative estimate of drug-likeness (QED) is 0.700. The number of carbonyl (C=O) groups is 3. The molecule has 2 atom stereocenters. The molecular weight excluding hydrogens is 274 g/mol. The molecule has 118 valence electrons. The van der Waals surface area contributed by atoms with Crippen molar-refractivity contribution in [3.8, 4) is 0 Å². The molecule has 2 aliphatic heterocycles. The first-order chi connectivity index (χ1) is 9.85. The molecule has 1 unspecified atom stereocenters. The van der Waals surface area contributed by atoms with Gasteiger partial charge in [-0.25, -0.2) is 0 Å². The van der Waals surface area contributed by atoms with Gasteiger partial charge in [0.05, 0.1) is 6.61 Å². The molecule has 2 fully saturated rings. The average molecular weight is 297 g/mol. The van der Waals surface area contributed by atoms with Gasteiger partial charge in [-0.3, -0.25) is 14.4 Å². The van der Waals surface area contributed by atoms with Gasteiger partial charge in [-0.15, -0.1) is 0 Å². The van der Waals surface area contributed by atoms with Gasteiger partial charge in [-0.1, -0.05) is 13.8 Å². The number of carbonyl (C=O) groups excluding carboxylic acids is 3. The van der Waals surface area contributed by atoms with Crippen molar-refractivity contribution in [3.05, 3.63) is 0 Å². The fourth-order valence-corrected chi connectivity index (χ4v) is 3.41. The van der Waals surface area contributed by atoms with Crippen LogP contribution in [-0.4, -0.2) is 63.9 Å². The van der Waals surface area contributed by atoms with Gasteiger partial charge in [0.25, 0.3) is 0 Å². The molecule has 0 aromatic heterocycles. The lowest BCUT2D eigenvalue weighted by molar-refractivity contribution is -0.150. The highest BCUT2D eigenvalue weighted by atomic mass is 16.3. The normalized spacial score (nSPS) is 27.0. The third-order valence-corrected chi connectivity index (χ3v) is 4.55. The Kier molecular flexibility index (Phi) is 4.22. The van der Waals surface area contributed by atoms with Crippen LogP contribution in [0.2, 0.25) is 0 Å². The number of rotatable bonds is 4. The number of likely N-dealkylation sites (tertiary alicyclic amines) is 2. The summed E-state index contributed by atoms with van der Waals surface area (Å²) in [5.41, 5.74) is 4.40. The number of primary amides is 1. The highest BCUT2D eigenvalue weighted by molar-refractivity contribution is 5.97. The maximum atomic E-state index is 12.8. The van der Waals surface area contributed by atoms with E-state index >= 15 is 0 Å². The van der Waals surface area contributed by atoms with E-state index in [0.29, 0.717) is 25.9 Å². The first-order valence-corrected chi connectivity index (χ1v) is 7.38. The molecule has 3 N–H and O–H groups in total. The van der Waals surface area contributed by atoms with E-state index in [-0.39, 0.29) is 17.7 Å². The zero-order valence-electron chi connectivity index (χ0n) is 12.5. The number of aliphatic hydroxyl groups is 1. The molecule has 0 aromatic rings. The van der Waals surface area contributed by atoms with Crippen LogP contribution in [0, 0.1) is 5.92 Å². The lowest BCUT2D eigenvalue weighted by atomic mass is 9.93. The molecule has 3 amide bonds. The first-order valence-electron chi connectivity index (χ1n) is 7.38. The van der Waals surface area contributed by atoms with Crippen LogP contribution >= 0.6 is 0 Å². The number of aliphatic hydroxyl groups excluding tert-OH is 1. The van der Waals surface area contributed by atoms with Crippen LogP contribution in [0.5, 0.6) is 0 Å². The zero-order valence-corrected chi connectivity index (χ0v) is 12.5. The van der Waals surface area contributed by atoms with Crippen LogP contribution in [0.4, 0.5) is 0 Å². The third-order valence-electron chi connectivity index (χ3n) is 4.55. The van der Waals surface area contributed by atoms with Crippen molar-refractivity contribution in [2.24, 2.45) is 11.7 Å². The Bertz CT molecular complexity index is 465. The summed E-state index contributed by atoms with van der Waals surface area (Å²) >= 11 is 0. The Morgan fingerprint density at radius 3 is 2.52 bits per heavy atom. The molecule has 0 aliphatic carbocycles. The number of hydrogen-bond donors (Lipinski definition) is 2. The van der Waals surface area contributed by atoms with Crippen molar-refractivity contribution < 1.29 is 19.5 Å². The molecule has 2 rings (SSSR count). The molecule has 0 radical (unpaired) electrons. The van der Waals surface area contributed by atoms with E-state index in [4.69, 9.17) is 5.73 Å². The summed E-state index contributed by atoms with van der Waals surface area (Å²) in [7, 11) is 0. The minimum absolute atomic E-state index is 0.0395. The van der Waals surface area contributed by atoms with Crippen molar-refractivity contribution >= 4 is 17.7 Å². The van der Waals surface area contributed by atoms with Crippen molar-refractivity contribution in [1.29, 1.82) is 0 Å². The van der Waals surface area contributed by atoms with Crippen LogP contribution in [0.3, 0.4) is 0 Å². The smallest absolute Gasteiger partial charge is 0.249 e. The van der Waals surface area contributed by atoms with E-state index in [9.17, 15) is 19.5 Å².